The smallest absolute Gasteiger partial charge is 0.292 e. The normalized spacial score (nSPS) is 14.2. The zero-order valence-electron chi connectivity index (χ0n) is 26.2. The van der Waals surface area contributed by atoms with E-state index in [1.54, 1.807) is 0 Å². The monoisotopic (exact) mass is 753 g/mol. The van der Waals surface area contributed by atoms with Crippen LogP contribution in [0.25, 0.3) is 32.7 Å². The van der Waals surface area contributed by atoms with Crippen molar-refractivity contribution in [1.82, 2.24) is 4.67 Å². The Morgan fingerprint density at radius 2 is 0.959 bits per heavy atom. The van der Waals surface area contributed by atoms with Gasteiger partial charge in [-0.25, -0.2) is 0 Å². The summed E-state index contributed by atoms with van der Waals surface area (Å²) in [5.41, 5.74) is -0.866. The van der Waals surface area contributed by atoms with E-state index in [0.29, 0.717) is 0 Å². The summed E-state index contributed by atoms with van der Waals surface area (Å²) in [4.78, 5) is 0. The van der Waals surface area contributed by atoms with Crippen LogP contribution in [-0.2, 0) is 27.2 Å². The van der Waals surface area contributed by atoms with Gasteiger partial charge in [0, 0.05) is 28.2 Å². The number of hydrogen-bond donors (Lipinski definition) is 1. The molecule has 6 aromatic rings. The fourth-order valence-corrected chi connectivity index (χ4v) is 7.84. The van der Waals surface area contributed by atoms with Crippen LogP contribution in [0.2, 0.25) is 0 Å². The Morgan fingerprint density at radius 3 is 1.33 bits per heavy atom. The van der Waals surface area contributed by atoms with Crippen LogP contribution in [0.1, 0.15) is 37.1 Å². The summed E-state index contributed by atoms with van der Waals surface area (Å²) < 4.78 is 74.1. The molecule has 1 N–H and O–H groups in total. The summed E-state index contributed by atoms with van der Waals surface area (Å²) in [5.74, 6) is 1.74. The molecular formula is C37H32CuF3NO5PS+. The van der Waals surface area contributed by atoms with Gasteiger partial charge in [-0.3, -0.25) is 13.6 Å². The van der Waals surface area contributed by atoms with Gasteiger partial charge in [-0.05, 0) is 58.7 Å². The summed E-state index contributed by atoms with van der Waals surface area (Å²) in [5, 5.41) is 4.71. The van der Waals surface area contributed by atoms with Gasteiger partial charge in [0.15, 0.2) is 11.5 Å². The number of nitrogens with zero attached hydrogens (tertiary/aromatic N) is 1. The molecule has 0 amide bonds. The average molecular weight is 754 g/mol. The maximum atomic E-state index is 10.7. The molecule has 1 heterocycles. The largest absolute Gasteiger partial charge is 0.522 e. The Bertz CT molecular complexity index is 2040. The van der Waals surface area contributed by atoms with Gasteiger partial charge in [-0.1, -0.05) is 121 Å². The Kier molecular flexibility index (Phi) is 11.0. The Morgan fingerprint density at radius 1 is 0.612 bits per heavy atom. The van der Waals surface area contributed by atoms with Gasteiger partial charge < -0.3 is 0 Å². The molecule has 1 radical (unpaired) electrons. The van der Waals surface area contributed by atoms with E-state index in [1.807, 2.05) is 0 Å². The first-order valence-corrected chi connectivity index (χ1v) is 17.8. The third-order valence-electron chi connectivity index (χ3n) is 8.33. The van der Waals surface area contributed by atoms with Crippen LogP contribution < -0.4 is 9.05 Å². The molecule has 49 heavy (non-hydrogen) atoms. The van der Waals surface area contributed by atoms with Gasteiger partial charge in [0.25, 0.3) is 0 Å². The molecule has 7 rings (SSSR count). The van der Waals surface area contributed by atoms with Crippen LogP contribution in [0.15, 0.2) is 133 Å². The summed E-state index contributed by atoms with van der Waals surface area (Å²) in [6.45, 7) is 4.51. The summed E-state index contributed by atoms with van der Waals surface area (Å²) >= 11 is 0. The molecule has 257 valence electrons. The van der Waals surface area contributed by atoms with E-state index in [4.69, 9.17) is 22.0 Å². The molecule has 1 aliphatic heterocycles. The number of alkyl halides is 3. The standard InChI is InChI=1S/C36H30NO2P.CHF3O3S.Cu/c1-25(27-13-5-3-6-14-27)37(26(2)28-15-7-4-8-16-28)40-38-33-23-21-29-17-9-11-19-31(29)35(33)36-32-20-12-10-18-30(32)22-24-34(36)39-40;2-1(3,4)8(5,6)7;/h3-26H,1-2H3;(H,5,6,7);/p+1/t25-,26?;;/m0../s1. The second-order valence-corrected chi connectivity index (χ2v) is 14.2. The molecule has 0 spiro atoms. The van der Waals surface area contributed by atoms with E-state index < -0.39 is 24.2 Å². The molecule has 2 atom stereocenters. The molecule has 6 nitrogen and oxygen atoms in total. The van der Waals surface area contributed by atoms with Crippen molar-refractivity contribution in [3.8, 4) is 22.6 Å². The molecule has 12 heteroatoms. The molecule has 0 fully saturated rings. The van der Waals surface area contributed by atoms with Crippen molar-refractivity contribution in [2.45, 2.75) is 31.4 Å². The SMILES string of the molecule is CC(c1ccccc1)N([C@@H](C)c1ccccc1)[PH+]1Oc2ccc3ccccc3c2-c2c(ccc3ccccc23)O1.O=S(=O)(O)C(F)(F)F.[Cu]. The molecule has 6 aromatic carbocycles. The van der Waals surface area contributed by atoms with Gasteiger partial charge in [-0.15, -0.1) is 4.67 Å². The molecule has 1 unspecified atom stereocenters. The minimum Gasteiger partial charge on any atom is -0.292 e. The maximum Gasteiger partial charge on any atom is 0.522 e. The zero-order valence-corrected chi connectivity index (χ0v) is 29.0. The number of rotatable bonds is 5. The van der Waals surface area contributed by atoms with E-state index in [1.165, 1.54) is 32.7 Å². The minimum absolute atomic E-state index is 0. The second kappa shape index (κ2) is 14.9. The third kappa shape index (κ3) is 7.63. The van der Waals surface area contributed by atoms with Crippen LogP contribution in [0, 0.1) is 0 Å². The number of halogens is 3. The van der Waals surface area contributed by atoms with E-state index >= 15 is 0 Å². The van der Waals surface area contributed by atoms with Crippen molar-refractivity contribution in [2.24, 2.45) is 0 Å². The van der Waals surface area contributed by atoms with Crippen molar-refractivity contribution in [3.05, 3.63) is 145 Å². The van der Waals surface area contributed by atoms with Gasteiger partial charge in [0.1, 0.15) is 0 Å². The third-order valence-corrected chi connectivity index (χ3v) is 10.9. The van der Waals surface area contributed by atoms with Crippen LogP contribution in [-0.4, -0.2) is 23.1 Å². The van der Waals surface area contributed by atoms with E-state index in [0.717, 1.165) is 22.6 Å². The first-order valence-electron chi connectivity index (χ1n) is 15.1. The Labute approximate surface area is 294 Å². The van der Waals surface area contributed by atoms with Crippen molar-refractivity contribution < 1.29 is 52.3 Å². The first kappa shape index (κ1) is 36.3. The summed E-state index contributed by atoms with van der Waals surface area (Å²) in [6.07, 6.45) is 0. The van der Waals surface area contributed by atoms with Gasteiger partial charge in [0.05, 0.1) is 12.1 Å². The average Bonchev–Trinajstić information content (AvgIpc) is 3.25. The molecule has 0 bridgehead atoms. The minimum atomic E-state index is -5.84. The van der Waals surface area contributed by atoms with Crippen LogP contribution in [0.4, 0.5) is 13.2 Å². The topological polar surface area (TPSA) is 76.1 Å². The van der Waals surface area contributed by atoms with Crippen molar-refractivity contribution in [2.75, 3.05) is 0 Å². The molecule has 0 saturated heterocycles. The quantitative estimate of drug-likeness (QED) is 0.0818. The number of fused-ring (bicyclic) bond motifs is 7. The molecule has 0 aliphatic carbocycles. The maximum absolute atomic E-state index is 10.7. The second-order valence-electron chi connectivity index (χ2n) is 11.3. The Hall–Kier alpha value is -3.95. The summed E-state index contributed by atoms with van der Waals surface area (Å²) in [7, 11) is -7.88. The molecule has 1 aliphatic rings. The molecule has 0 aromatic heterocycles. The van der Waals surface area contributed by atoms with Crippen molar-refractivity contribution in [3.63, 3.8) is 0 Å². The van der Waals surface area contributed by atoms with Crippen LogP contribution >= 0.6 is 8.53 Å². The molecule has 0 saturated carbocycles. The van der Waals surface area contributed by atoms with Gasteiger partial charge >= 0.3 is 24.2 Å². The van der Waals surface area contributed by atoms with Gasteiger partial charge in [0.2, 0.25) is 0 Å². The van der Waals surface area contributed by atoms with E-state index in [2.05, 4.69) is 152 Å². The van der Waals surface area contributed by atoms with E-state index in [9.17, 15) is 13.2 Å². The van der Waals surface area contributed by atoms with Crippen molar-refractivity contribution >= 4 is 40.2 Å². The van der Waals surface area contributed by atoms with Crippen molar-refractivity contribution in [1.29, 1.82) is 0 Å². The predicted molar refractivity (Wildman–Crippen MR) is 186 cm³/mol. The van der Waals surface area contributed by atoms with Gasteiger partial charge in [-0.2, -0.15) is 21.6 Å². The fourth-order valence-electron chi connectivity index (χ4n) is 5.94. The molecular weight excluding hydrogens is 722 g/mol. The van der Waals surface area contributed by atoms with Crippen LogP contribution in [0.3, 0.4) is 0 Å². The predicted octanol–water partition coefficient (Wildman–Crippen LogP) is 10.6. The van der Waals surface area contributed by atoms with Crippen LogP contribution in [0.5, 0.6) is 11.5 Å². The Balaban J connectivity index is 0.000000467. The number of benzene rings is 6. The van der Waals surface area contributed by atoms with E-state index in [-0.39, 0.29) is 29.2 Å². The zero-order chi connectivity index (χ0) is 34.1. The number of hydrogen-bond acceptors (Lipinski definition) is 5. The first-order chi connectivity index (χ1) is 22.9. The fraction of sp³-hybridized carbons (Fsp3) is 0.135. The summed E-state index contributed by atoms with van der Waals surface area (Å²) in [6, 6.07) is 47.1.